The van der Waals surface area contributed by atoms with Crippen LogP contribution in [0.4, 0.5) is 0 Å². The summed E-state index contributed by atoms with van der Waals surface area (Å²) in [5, 5.41) is 5.85. The first-order valence-electron chi connectivity index (χ1n) is 8.94. The van der Waals surface area contributed by atoms with E-state index in [4.69, 9.17) is 4.84 Å². The third-order valence-electron chi connectivity index (χ3n) is 5.09. The molecule has 0 aromatic carbocycles. The number of carbonyl (C=O) groups is 2. The highest BCUT2D eigenvalue weighted by Gasteiger charge is 2.34. The van der Waals surface area contributed by atoms with Crippen LogP contribution in [0.1, 0.15) is 50.3 Å². The first-order valence-corrected chi connectivity index (χ1v) is 8.94. The minimum atomic E-state index is -0.107. The molecule has 0 N–H and O–H groups in total. The molecule has 7 nitrogen and oxygen atoms in total. The van der Waals surface area contributed by atoms with Gasteiger partial charge in [0.05, 0.1) is 31.3 Å². The lowest BCUT2D eigenvalue weighted by Gasteiger charge is -2.35. The van der Waals surface area contributed by atoms with Crippen molar-refractivity contribution in [3.05, 3.63) is 18.0 Å². The molecule has 0 radical (unpaired) electrons. The van der Waals surface area contributed by atoms with E-state index in [9.17, 15) is 9.59 Å². The lowest BCUT2D eigenvalue weighted by atomic mass is 10.1. The summed E-state index contributed by atoms with van der Waals surface area (Å²) >= 11 is 0. The number of aromatic nitrogens is 2. The summed E-state index contributed by atoms with van der Waals surface area (Å²) in [6.07, 6.45) is 7.04. The fourth-order valence-electron chi connectivity index (χ4n) is 3.52. The SMILES string of the molecule is O=C(CC1CC1)N1Cc2ccnn2[C@@H](CC(=O)N2CCCCO2)C1. The normalized spacial score (nSPS) is 23.9. The van der Waals surface area contributed by atoms with E-state index in [1.54, 1.807) is 6.20 Å². The molecule has 4 rings (SSSR count). The van der Waals surface area contributed by atoms with Gasteiger partial charge in [-0.3, -0.25) is 19.1 Å². The van der Waals surface area contributed by atoms with Gasteiger partial charge < -0.3 is 4.90 Å². The Bertz CT molecular complexity index is 619. The minimum absolute atomic E-state index is 0.0161. The third-order valence-corrected chi connectivity index (χ3v) is 5.09. The zero-order chi connectivity index (χ0) is 16.5. The number of hydrogen-bond donors (Lipinski definition) is 0. The highest BCUT2D eigenvalue weighted by molar-refractivity contribution is 5.78. The van der Waals surface area contributed by atoms with E-state index in [2.05, 4.69) is 5.10 Å². The number of hydrogen-bond acceptors (Lipinski definition) is 4. The smallest absolute Gasteiger partial charge is 0.248 e. The van der Waals surface area contributed by atoms with Crippen molar-refractivity contribution in [2.75, 3.05) is 19.7 Å². The zero-order valence-electron chi connectivity index (χ0n) is 13.9. The lowest BCUT2D eigenvalue weighted by molar-refractivity contribution is -0.198. The Hall–Kier alpha value is -1.89. The topological polar surface area (TPSA) is 67.7 Å². The van der Waals surface area contributed by atoms with Crippen molar-refractivity contribution in [3.8, 4) is 0 Å². The largest absolute Gasteiger partial charge is 0.335 e. The quantitative estimate of drug-likeness (QED) is 0.838. The average Bonchev–Trinajstić information content (AvgIpc) is 3.28. The van der Waals surface area contributed by atoms with E-state index >= 15 is 0 Å². The van der Waals surface area contributed by atoms with Crippen LogP contribution in [0.5, 0.6) is 0 Å². The fraction of sp³-hybridized carbons (Fsp3) is 0.706. The second kappa shape index (κ2) is 6.55. The summed E-state index contributed by atoms with van der Waals surface area (Å²) in [6.45, 7) is 2.41. The number of amides is 2. The van der Waals surface area contributed by atoms with E-state index < -0.39 is 0 Å². The minimum Gasteiger partial charge on any atom is -0.335 e. The molecule has 1 aromatic heterocycles. The molecule has 1 saturated heterocycles. The van der Waals surface area contributed by atoms with Crippen LogP contribution in [0, 0.1) is 5.92 Å². The van der Waals surface area contributed by atoms with Gasteiger partial charge in [0, 0.05) is 25.7 Å². The maximum absolute atomic E-state index is 12.5. The Balaban J connectivity index is 1.44. The summed E-state index contributed by atoms with van der Waals surface area (Å²) < 4.78 is 1.91. The molecule has 3 aliphatic rings. The van der Waals surface area contributed by atoms with Crippen molar-refractivity contribution in [2.45, 2.75) is 51.1 Å². The van der Waals surface area contributed by atoms with Crippen LogP contribution in [0.25, 0.3) is 0 Å². The molecule has 3 heterocycles. The summed E-state index contributed by atoms with van der Waals surface area (Å²) in [5.41, 5.74) is 1.00. The van der Waals surface area contributed by atoms with Crippen molar-refractivity contribution in [2.24, 2.45) is 5.92 Å². The second-order valence-corrected chi connectivity index (χ2v) is 7.08. The lowest BCUT2D eigenvalue weighted by Crippen LogP contribution is -2.44. The van der Waals surface area contributed by atoms with Gasteiger partial charge in [0.2, 0.25) is 11.8 Å². The molecule has 7 heteroatoms. The predicted octanol–water partition coefficient (Wildman–Crippen LogP) is 1.51. The van der Waals surface area contributed by atoms with Crippen molar-refractivity contribution in [1.29, 1.82) is 0 Å². The molecule has 0 unspecified atom stereocenters. The van der Waals surface area contributed by atoms with Gasteiger partial charge in [-0.1, -0.05) is 0 Å². The van der Waals surface area contributed by atoms with Crippen molar-refractivity contribution in [1.82, 2.24) is 19.7 Å². The number of fused-ring (bicyclic) bond motifs is 1. The number of hydroxylamine groups is 2. The van der Waals surface area contributed by atoms with E-state index in [1.807, 2.05) is 15.6 Å². The molecule has 1 saturated carbocycles. The van der Waals surface area contributed by atoms with Crippen molar-refractivity contribution >= 4 is 11.8 Å². The van der Waals surface area contributed by atoms with Crippen molar-refractivity contribution in [3.63, 3.8) is 0 Å². The van der Waals surface area contributed by atoms with Gasteiger partial charge in [-0.2, -0.15) is 5.10 Å². The van der Waals surface area contributed by atoms with E-state index in [0.717, 1.165) is 18.5 Å². The molecule has 1 atom stereocenters. The summed E-state index contributed by atoms with van der Waals surface area (Å²) in [4.78, 5) is 32.4. The molecule has 2 fully saturated rings. The molecule has 130 valence electrons. The zero-order valence-corrected chi connectivity index (χ0v) is 13.9. The number of rotatable bonds is 4. The molecular weight excluding hydrogens is 308 g/mol. The van der Waals surface area contributed by atoms with Gasteiger partial charge in [0.25, 0.3) is 0 Å². The maximum Gasteiger partial charge on any atom is 0.248 e. The van der Waals surface area contributed by atoms with E-state index in [-0.39, 0.29) is 17.9 Å². The Morgan fingerprint density at radius 2 is 2.08 bits per heavy atom. The van der Waals surface area contributed by atoms with Gasteiger partial charge in [-0.25, -0.2) is 5.06 Å². The van der Waals surface area contributed by atoms with Gasteiger partial charge in [0.1, 0.15) is 0 Å². The van der Waals surface area contributed by atoms with Crippen LogP contribution in [-0.4, -0.2) is 51.3 Å². The van der Waals surface area contributed by atoms with E-state index in [0.29, 0.717) is 45.0 Å². The highest BCUT2D eigenvalue weighted by Crippen LogP contribution is 2.34. The summed E-state index contributed by atoms with van der Waals surface area (Å²) in [6, 6.07) is 1.83. The molecule has 2 aliphatic heterocycles. The Labute approximate surface area is 141 Å². The van der Waals surface area contributed by atoms with Gasteiger partial charge in [-0.05, 0) is 37.7 Å². The Morgan fingerprint density at radius 1 is 1.21 bits per heavy atom. The monoisotopic (exact) mass is 332 g/mol. The number of carbonyl (C=O) groups excluding carboxylic acids is 2. The summed E-state index contributed by atoms with van der Waals surface area (Å²) in [5.74, 6) is 0.764. The molecule has 1 aliphatic carbocycles. The van der Waals surface area contributed by atoms with E-state index in [1.165, 1.54) is 17.9 Å². The standard InChI is InChI=1S/C17H24N4O3/c22-16(9-13-3-4-13)19-11-14-5-6-18-21(14)15(12-19)10-17(23)20-7-1-2-8-24-20/h5-6,13,15H,1-4,7-12H2/t15-/m0/s1. The Kier molecular flexibility index (Phi) is 4.26. The molecule has 2 amide bonds. The van der Waals surface area contributed by atoms with Crippen molar-refractivity contribution < 1.29 is 14.4 Å². The first-order chi connectivity index (χ1) is 11.7. The van der Waals surface area contributed by atoms with Crippen LogP contribution in [0.15, 0.2) is 12.3 Å². The fourth-order valence-corrected chi connectivity index (χ4v) is 3.52. The van der Waals surface area contributed by atoms with Crippen LogP contribution in [0.3, 0.4) is 0 Å². The van der Waals surface area contributed by atoms with Crippen LogP contribution < -0.4 is 0 Å². The van der Waals surface area contributed by atoms with Crippen LogP contribution in [-0.2, 0) is 21.0 Å². The average molecular weight is 332 g/mol. The first kappa shape index (κ1) is 15.6. The predicted molar refractivity (Wildman–Crippen MR) is 85.5 cm³/mol. The molecule has 0 bridgehead atoms. The maximum atomic E-state index is 12.5. The van der Waals surface area contributed by atoms with Gasteiger partial charge in [0.15, 0.2) is 0 Å². The van der Waals surface area contributed by atoms with Crippen LogP contribution >= 0.6 is 0 Å². The Morgan fingerprint density at radius 3 is 2.83 bits per heavy atom. The van der Waals surface area contributed by atoms with Gasteiger partial charge in [-0.15, -0.1) is 0 Å². The molecule has 1 aromatic rings. The molecule has 24 heavy (non-hydrogen) atoms. The number of nitrogens with zero attached hydrogens (tertiary/aromatic N) is 4. The molecule has 0 spiro atoms. The third kappa shape index (κ3) is 3.31. The second-order valence-electron chi connectivity index (χ2n) is 7.08. The van der Waals surface area contributed by atoms with Crippen LogP contribution in [0.2, 0.25) is 0 Å². The highest BCUT2D eigenvalue weighted by atomic mass is 16.7. The summed E-state index contributed by atoms with van der Waals surface area (Å²) in [7, 11) is 0. The van der Waals surface area contributed by atoms with Gasteiger partial charge >= 0.3 is 0 Å². The molecular formula is C17H24N4O3.